The molecule has 0 aliphatic rings. The lowest BCUT2D eigenvalue weighted by Gasteiger charge is -2.08. The predicted octanol–water partition coefficient (Wildman–Crippen LogP) is 4.22. The predicted molar refractivity (Wildman–Crippen MR) is 88.4 cm³/mol. The summed E-state index contributed by atoms with van der Waals surface area (Å²) < 4.78 is 33.6. The minimum absolute atomic E-state index is 0.193. The van der Waals surface area contributed by atoms with Gasteiger partial charge in [0.2, 0.25) is 0 Å². The molecule has 1 heterocycles. The zero-order valence-corrected chi connectivity index (χ0v) is 13.8. The number of benzene rings is 2. The number of hydrogen-bond donors (Lipinski definition) is 0. The molecule has 0 amide bonds. The standard InChI is InChI=1S/C19H15F2N3O/c1-12-17(11-25-16-7-8-18(20)19(21)9-16)13(2)24(23-12)15-5-3-14(10-22)4-6-15/h3-9H,11H2,1-2H3. The van der Waals surface area contributed by atoms with Crippen molar-refractivity contribution in [3.63, 3.8) is 0 Å². The number of rotatable bonds is 4. The fourth-order valence-electron chi connectivity index (χ4n) is 2.53. The Morgan fingerprint density at radius 3 is 2.44 bits per heavy atom. The summed E-state index contributed by atoms with van der Waals surface area (Å²) in [5.74, 6) is -1.60. The van der Waals surface area contributed by atoms with Gasteiger partial charge >= 0.3 is 0 Å². The van der Waals surface area contributed by atoms with Crippen LogP contribution in [-0.2, 0) is 6.61 Å². The first kappa shape index (κ1) is 16.7. The first-order valence-electron chi connectivity index (χ1n) is 7.63. The minimum atomic E-state index is -0.945. The Morgan fingerprint density at radius 2 is 1.80 bits per heavy atom. The second-order valence-electron chi connectivity index (χ2n) is 5.58. The van der Waals surface area contributed by atoms with Crippen molar-refractivity contribution < 1.29 is 13.5 Å². The Balaban J connectivity index is 1.84. The van der Waals surface area contributed by atoms with Gasteiger partial charge in [-0.05, 0) is 50.2 Å². The number of nitrogens with zero attached hydrogens (tertiary/aromatic N) is 3. The van der Waals surface area contributed by atoms with Gasteiger partial charge in [-0.1, -0.05) is 0 Å². The highest BCUT2D eigenvalue weighted by Crippen LogP contribution is 2.22. The molecule has 0 aliphatic carbocycles. The zero-order chi connectivity index (χ0) is 18.0. The summed E-state index contributed by atoms with van der Waals surface area (Å²) in [6, 6.07) is 12.6. The summed E-state index contributed by atoms with van der Waals surface area (Å²) in [4.78, 5) is 0. The summed E-state index contributed by atoms with van der Waals surface area (Å²) >= 11 is 0. The SMILES string of the molecule is Cc1nn(-c2ccc(C#N)cc2)c(C)c1COc1ccc(F)c(F)c1. The van der Waals surface area contributed by atoms with Gasteiger partial charge in [-0.25, -0.2) is 13.5 Å². The maximum atomic E-state index is 13.3. The Labute approximate surface area is 143 Å². The molecule has 0 atom stereocenters. The molecule has 0 N–H and O–H groups in total. The van der Waals surface area contributed by atoms with Gasteiger partial charge in [0.15, 0.2) is 11.6 Å². The van der Waals surface area contributed by atoms with Crippen molar-refractivity contribution in [1.82, 2.24) is 9.78 Å². The second-order valence-corrected chi connectivity index (χ2v) is 5.58. The summed E-state index contributed by atoms with van der Waals surface area (Å²) in [7, 11) is 0. The lowest BCUT2D eigenvalue weighted by Crippen LogP contribution is -2.01. The van der Waals surface area contributed by atoms with Crippen molar-refractivity contribution in [3.05, 3.63) is 76.6 Å². The van der Waals surface area contributed by atoms with E-state index in [9.17, 15) is 8.78 Å². The molecular weight excluding hydrogens is 324 g/mol. The number of aromatic nitrogens is 2. The van der Waals surface area contributed by atoms with Crippen LogP contribution >= 0.6 is 0 Å². The summed E-state index contributed by atoms with van der Waals surface area (Å²) in [6.45, 7) is 3.96. The second kappa shape index (κ2) is 6.73. The molecule has 0 spiro atoms. The molecule has 2 aromatic carbocycles. The van der Waals surface area contributed by atoms with Gasteiger partial charge in [0.25, 0.3) is 0 Å². The van der Waals surface area contributed by atoms with Crippen LogP contribution in [0.1, 0.15) is 22.5 Å². The van der Waals surface area contributed by atoms with Crippen molar-refractivity contribution in [1.29, 1.82) is 5.26 Å². The van der Waals surface area contributed by atoms with E-state index < -0.39 is 11.6 Å². The topological polar surface area (TPSA) is 50.8 Å². The molecule has 3 rings (SSSR count). The van der Waals surface area contributed by atoms with Crippen molar-refractivity contribution in [2.45, 2.75) is 20.5 Å². The molecule has 0 unspecified atom stereocenters. The van der Waals surface area contributed by atoms with Crippen LogP contribution in [0.3, 0.4) is 0 Å². The molecule has 6 heteroatoms. The molecule has 0 bridgehead atoms. The molecule has 3 aromatic rings. The lowest BCUT2D eigenvalue weighted by atomic mass is 10.2. The van der Waals surface area contributed by atoms with Gasteiger partial charge in [0.1, 0.15) is 12.4 Å². The molecule has 0 radical (unpaired) electrons. The molecule has 0 saturated carbocycles. The molecule has 126 valence electrons. The highest BCUT2D eigenvalue weighted by molar-refractivity contribution is 5.41. The Hall–Kier alpha value is -3.20. The van der Waals surface area contributed by atoms with E-state index in [0.717, 1.165) is 34.8 Å². The van der Waals surface area contributed by atoms with Crippen LogP contribution < -0.4 is 4.74 Å². The molecule has 1 aromatic heterocycles. The zero-order valence-electron chi connectivity index (χ0n) is 13.8. The van der Waals surface area contributed by atoms with Crippen molar-refractivity contribution in [2.75, 3.05) is 0 Å². The van der Waals surface area contributed by atoms with Crippen molar-refractivity contribution in [3.8, 4) is 17.5 Å². The van der Waals surface area contributed by atoms with Crippen LogP contribution in [0.25, 0.3) is 5.69 Å². The Kier molecular flexibility index (Phi) is 4.48. The maximum Gasteiger partial charge on any atom is 0.162 e. The maximum absolute atomic E-state index is 13.3. The molecule has 25 heavy (non-hydrogen) atoms. The van der Waals surface area contributed by atoms with Gasteiger partial charge in [0.05, 0.1) is 23.0 Å². The summed E-state index contributed by atoms with van der Waals surface area (Å²) in [5, 5.41) is 13.4. The van der Waals surface area contributed by atoms with Crippen LogP contribution in [0.15, 0.2) is 42.5 Å². The van der Waals surface area contributed by atoms with E-state index in [-0.39, 0.29) is 12.4 Å². The van der Waals surface area contributed by atoms with Gasteiger partial charge in [-0.2, -0.15) is 10.4 Å². The Bertz CT molecular complexity index is 956. The smallest absolute Gasteiger partial charge is 0.162 e. The molecule has 0 saturated heterocycles. The monoisotopic (exact) mass is 339 g/mol. The molecule has 0 aliphatic heterocycles. The quantitative estimate of drug-likeness (QED) is 0.715. The first-order valence-corrected chi connectivity index (χ1v) is 7.63. The van der Waals surface area contributed by atoms with E-state index in [4.69, 9.17) is 10.00 Å². The van der Waals surface area contributed by atoms with Gasteiger partial charge < -0.3 is 4.74 Å². The van der Waals surface area contributed by atoms with E-state index in [1.807, 2.05) is 26.0 Å². The van der Waals surface area contributed by atoms with Crippen LogP contribution in [-0.4, -0.2) is 9.78 Å². The van der Waals surface area contributed by atoms with Crippen LogP contribution in [0, 0.1) is 36.8 Å². The third-order valence-electron chi connectivity index (χ3n) is 3.96. The average Bonchev–Trinajstić information content (AvgIpc) is 2.90. The third kappa shape index (κ3) is 3.36. The minimum Gasteiger partial charge on any atom is -0.489 e. The summed E-state index contributed by atoms with van der Waals surface area (Å²) in [5.41, 5.74) is 3.94. The normalized spacial score (nSPS) is 10.5. The number of ether oxygens (including phenoxy) is 1. The van der Waals surface area contributed by atoms with Crippen molar-refractivity contribution >= 4 is 0 Å². The van der Waals surface area contributed by atoms with E-state index in [2.05, 4.69) is 11.2 Å². The summed E-state index contributed by atoms with van der Waals surface area (Å²) in [6.07, 6.45) is 0. The van der Waals surface area contributed by atoms with Crippen molar-refractivity contribution in [2.24, 2.45) is 0 Å². The van der Waals surface area contributed by atoms with Crippen LogP contribution in [0.5, 0.6) is 5.75 Å². The van der Waals surface area contributed by atoms with Crippen LogP contribution in [0.4, 0.5) is 8.78 Å². The van der Waals surface area contributed by atoms with E-state index in [1.54, 1.807) is 16.8 Å². The fraction of sp³-hybridized carbons (Fsp3) is 0.158. The largest absolute Gasteiger partial charge is 0.489 e. The van der Waals surface area contributed by atoms with E-state index in [0.29, 0.717) is 5.56 Å². The van der Waals surface area contributed by atoms with Gasteiger partial charge in [0, 0.05) is 17.3 Å². The highest BCUT2D eigenvalue weighted by Gasteiger charge is 2.14. The van der Waals surface area contributed by atoms with E-state index in [1.165, 1.54) is 6.07 Å². The number of halogens is 2. The van der Waals surface area contributed by atoms with E-state index >= 15 is 0 Å². The van der Waals surface area contributed by atoms with Gasteiger partial charge in [-0.15, -0.1) is 0 Å². The number of aryl methyl sites for hydroxylation is 1. The fourth-order valence-corrected chi connectivity index (χ4v) is 2.53. The lowest BCUT2D eigenvalue weighted by molar-refractivity contribution is 0.301. The number of hydrogen-bond acceptors (Lipinski definition) is 3. The highest BCUT2D eigenvalue weighted by atomic mass is 19.2. The average molecular weight is 339 g/mol. The third-order valence-corrected chi connectivity index (χ3v) is 3.96. The number of nitriles is 1. The molecule has 4 nitrogen and oxygen atoms in total. The van der Waals surface area contributed by atoms with Crippen LogP contribution in [0.2, 0.25) is 0 Å². The Morgan fingerprint density at radius 1 is 1.08 bits per heavy atom. The first-order chi connectivity index (χ1) is 12.0. The van der Waals surface area contributed by atoms with Gasteiger partial charge in [-0.3, -0.25) is 0 Å². The molecule has 0 fully saturated rings. The molecular formula is C19H15F2N3O.